The van der Waals surface area contributed by atoms with E-state index in [1.54, 1.807) is 47.7 Å². The molecule has 0 radical (unpaired) electrons. The summed E-state index contributed by atoms with van der Waals surface area (Å²) < 4.78 is 42.6. The summed E-state index contributed by atoms with van der Waals surface area (Å²) in [6, 6.07) is 17.7. The van der Waals surface area contributed by atoms with Gasteiger partial charge in [-0.1, -0.05) is 24.3 Å². The molecular formula is C28H18F3N5O. The van der Waals surface area contributed by atoms with Crippen molar-refractivity contribution >= 4 is 21.7 Å². The molecule has 0 saturated carbocycles. The molecule has 0 fully saturated rings. The largest absolute Gasteiger partial charge is 0.416 e. The molecule has 0 spiro atoms. The van der Waals surface area contributed by atoms with Crippen molar-refractivity contribution in [2.45, 2.75) is 13.1 Å². The monoisotopic (exact) mass is 497 g/mol. The topological polar surface area (TPSA) is 65.6 Å². The van der Waals surface area contributed by atoms with E-state index in [0.717, 1.165) is 34.3 Å². The van der Waals surface area contributed by atoms with E-state index in [-0.39, 0.29) is 11.1 Å². The van der Waals surface area contributed by atoms with E-state index in [9.17, 15) is 18.0 Å². The highest BCUT2D eigenvalue weighted by atomic mass is 19.4. The van der Waals surface area contributed by atoms with Gasteiger partial charge >= 0.3 is 6.18 Å². The van der Waals surface area contributed by atoms with Gasteiger partial charge in [0.2, 0.25) is 0 Å². The van der Waals surface area contributed by atoms with Crippen molar-refractivity contribution in [1.82, 2.24) is 24.3 Å². The number of aryl methyl sites for hydroxylation is 1. The minimum atomic E-state index is -4.46. The Balaban J connectivity index is 1.57. The summed E-state index contributed by atoms with van der Waals surface area (Å²) in [6.45, 7) is 1.93. The second-order valence-electron chi connectivity index (χ2n) is 8.62. The average Bonchev–Trinajstić information content (AvgIpc) is 3.34. The fourth-order valence-electron chi connectivity index (χ4n) is 4.41. The maximum absolute atomic E-state index is 13.4. The lowest BCUT2D eigenvalue weighted by Gasteiger charge is -2.09. The Morgan fingerprint density at radius 3 is 2.46 bits per heavy atom. The Bertz CT molecular complexity index is 1850. The highest BCUT2D eigenvalue weighted by molar-refractivity contribution is 5.86. The van der Waals surface area contributed by atoms with E-state index in [1.807, 2.05) is 31.2 Å². The van der Waals surface area contributed by atoms with Crippen LogP contribution in [0.25, 0.3) is 44.3 Å². The second kappa shape index (κ2) is 8.41. The van der Waals surface area contributed by atoms with Crippen LogP contribution >= 0.6 is 0 Å². The number of benzene rings is 2. The van der Waals surface area contributed by atoms with Crippen molar-refractivity contribution < 1.29 is 13.2 Å². The predicted octanol–water partition coefficient (Wildman–Crippen LogP) is 6.11. The number of nitrogens with zero attached hydrogens (tertiary/aromatic N) is 5. The fraction of sp³-hybridized carbons (Fsp3) is 0.0714. The quantitative estimate of drug-likeness (QED) is 0.296. The molecule has 2 aromatic carbocycles. The predicted molar refractivity (Wildman–Crippen MR) is 135 cm³/mol. The van der Waals surface area contributed by atoms with Gasteiger partial charge in [0.15, 0.2) is 0 Å². The van der Waals surface area contributed by atoms with Gasteiger partial charge in [0.1, 0.15) is 11.2 Å². The molecule has 0 N–H and O–H groups in total. The highest BCUT2D eigenvalue weighted by Gasteiger charge is 2.30. The standard InChI is InChI=1S/C28H18F3N5O/c1-17-23-9-8-22(15-20(23)10-13-32-17)36-16-24(35-14-11-18-3-2-12-33-26(18)27(35)37)25(34-36)19-4-6-21(7-5-19)28(29,30)31/h2-16H,1H3. The molecule has 6 rings (SSSR count). The van der Waals surface area contributed by atoms with E-state index < -0.39 is 11.7 Å². The first-order chi connectivity index (χ1) is 17.8. The first-order valence-corrected chi connectivity index (χ1v) is 11.4. The Hall–Kier alpha value is -4.79. The van der Waals surface area contributed by atoms with E-state index in [0.29, 0.717) is 22.3 Å². The Kier molecular flexibility index (Phi) is 5.15. The molecule has 37 heavy (non-hydrogen) atoms. The third kappa shape index (κ3) is 3.94. The van der Waals surface area contributed by atoms with Gasteiger partial charge in [-0.2, -0.15) is 18.3 Å². The van der Waals surface area contributed by atoms with Crippen LogP contribution < -0.4 is 5.56 Å². The number of hydrogen-bond acceptors (Lipinski definition) is 4. The lowest BCUT2D eigenvalue weighted by atomic mass is 10.1. The van der Waals surface area contributed by atoms with Crippen molar-refractivity contribution in [3.8, 4) is 22.6 Å². The molecule has 182 valence electrons. The summed E-state index contributed by atoms with van der Waals surface area (Å²) in [5, 5.41) is 7.36. The molecule has 4 aromatic heterocycles. The van der Waals surface area contributed by atoms with E-state index in [2.05, 4.69) is 9.97 Å². The first-order valence-electron chi connectivity index (χ1n) is 11.4. The number of aromatic nitrogens is 5. The molecule has 0 aliphatic rings. The molecule has 6 aromatic rings. The molecule has 0 amide bonds. The zero-order valence-electron chi connectivity index (χ0n) is 19.4. The van der Waals surface area contributed by atoms with E-state index in [4.69, 9.17) is 5.10 Å². The third-order valence-electron chi connectivity index (χ3n) is 6.32. The van der Waals surface area contributed by atoms with Crippen molar-refractivity contribution in [3.63, 3.8) is 0 Å². The van der Waals surface area contributed by atoms with Gasteiger partial charge in [0.05, 0.1) is 23.1 Å². The van der Waals surface area contributed by atoms with Crippen LogP contribution in [0.5, 0.6) is 0 Å². The summed E-state index contributed by atoms with van der Waals surface area (Å²) >= 11 is 0. The highest BCUT2D eigenvalue weighted by Crippen LogP contribution is 2.33. The van der Waals surface area contributed by atoms with Crippen LogP contribution in [0.1, 0.15) is 11.3 Å². The summed E-state index contributed by atoms with van der Waals surface area (Å²) in [5.74, 6) is 0. The molecule has 4 heterocycles. The molecule has 0 atom stereocenters. The van der Waals surface area contributed by atoms with E-state index >= 15 is 0 Å². The molecule has 0 unspecified atom stereocenters. The number of fused-ring (bicyclic) bond motifs is 2. The third-order valence-corrected chi connectivity index (χ3v) is 6.32. The van der Waals surface area contributed by atoms with Crippen LogP contribution in [0.3, 0.4) is 0 Å². The van der Waals surface area contributed by atoms with Crippen LogP contribution in [0.15, 0.2) is 96.3 Å². The maximum atomic E-state index is 13.4. The smallest absolute Gasteiger partial charge is 0.279 e. The summed E-state index contributed by atoms with van der Waals surface area (Å²) in [7, 11) is 0. The zero-order chi connectivity index (χ0) is 25.7. The van der Waals surface area contributed by atoms with Crippen molar-refractivity contribution in [2.24, 2.45) is 0 Å². The van der Waals surface area contributed by atoms with Gasteiger partial charge in [-0.3, -0.25) is 19.3 Å². The van der Waals surface area contributed by atoms with Gasteiger partial charge in [-0.05, 0) is 54.8 Å². The normalized spacial score (nSPS) is 11.9. The number of alkyl halides is 3. The first kappa shape index (κ1) is 22.7. The summed E-state index contributed by atoms with van der Waals surface area (Å²) in [5.41, 5.74) is 2.00. The Labute approximate surface area is 208 Å². The molecule has 0 aliphatic heterocycles. The van der Waals surface area contributed by atoms with Gasteiger partial charge in [0, 0.05) is 40.6 Å². The van der Waals surface area contributed by atoms with Crippen LogP contribution in [-0.2, 0) is 6.18 Å². The number of halogens is 3. The lowest BCUT2D eigenvalue weighted by Crippen LogP contribution is -2.18. The average molecular weight is 497 g/mol. The van der Waals surface area contributed by atoms with Crippen LogP contribution in [0.4, 0.5) is 13.2 Å². The Morgan fingerprint density at radius 2 is 1.68 bits per heavy atom. The SMILES string of the molecule is Cc1nccc2cc(-n3cc(-n4ccc5cccnc5c4=O)c(-c4ccc(C(F)(F)F)cc4)n3)ccc12. The molecule has 0 saturated heterocycles. The van der Waals surface area contributed by atoms with Crippen molar-refractivity contribution in [3.05, 3.63) is 113 Å². The molecule has 0 bridgehead atoms. The lowest BCUT2D eigenvalue weighted by molar-refractivity contribution is -0.137. The number of pyridine rings is 3. The minimum absolute atomic E-state index is 0.282. The van der Waals surface area contributed by atoms with Crippen molar-refractivity contribution in [1.29, 1.82) is 0 Å². The summed E-state index contributed by atoms with van der Waals surface area (Å²) in [4.78, 5) is 21.9. The van der Waals surface area contributed by atoms with Crippen LogP contribution in [-0.4, -0.2) is 24.3 Å². The fourth-order valence-corrected chi connectivity index (χ4v) is 4.41. The second-order valence-corrected chi connectivity index (χ2v) is 8.62. The van der Waals surface area contributed by atoms with Gasteiger partial charge in [-0.25, -0.2) is 4.68 Å². The molecule has 0 aliphatic carbocycles. The van der Waals surface area contributed by atoms with Crippen molar-refractivity contribution in [2.75, 3.05) is 0 Å². The molecular weight excluding hydrogens is 479 g/mol. The van der Waals surface area contributed by atoms with E-state index in [1.165, 1.54) is 16.7 Å². The molecule has 6 nitrogen and oxygen atoms in total. The number of hydrogen-bond donors (Lipinski definition) is 0. The minimum Gasteiger partial charge on any atom is -0.279 e. The zero-order valence-corrected chi connectivity index (χ0v) is 19.4. The Morgan fingerprint density at radius 1 is 0.865 bits per heavy atom. The van der Waals surface area contributed by atoms with Crippen LogP contribution in [0.2, 0.25) is 0 Å². The van der Waals surface area contributed by atoms with Gasteiger partial charge in [0.25, 0.3) is 5.56 Å². The summed E-state index contributed by atoms with van der Waals surface area (Å²) in [6.07, 6.45) is 2.13. The van der Waals surface area contributed by atoms with Gasteiger partial charge in [-0.15, -0.1) is 0 Å². The van der Waals surface area contributed by atoms with Crippen LogP contribution in [0, 0.1) is 6.92 Å². The maximum Gasteiger partial charge on any atom is 0.416 e. The number of rotatable bonds is 3. The molecule has 9 heteroatoms. The van der Waals surface area contributed by atoms with Gasteiger partial charge < -0.3 is 0 Å².